The highest BCUT2D eigenvalue weighted by molar-refractivity contribution is 7.80. The first-order chi connectivity index (χ1) is 15.1. The summed E-state index contributed by atoms with van der Waals surface area (Å²) < 4.78 is 5.58. The van der Waals surface area contributed by atoms with Crippen molar-refractivity contribution >= 4 is 34.8 Å². The Labute approximate surface area is 189 Å². The van der Waals surface area contributed by atoms with Crippen molar-refractivity contribution in [3.05, 3.63) is 59.7 Å². The number of likely N-dealkylation sites (tertiary alicyclic amines) is 1. The predicted molar refractivity (Wildman–Crippen MR) is 127 cm³/mol. The number of anilines is 1. The lowest BCUT2D eigenvalue weighted by atomic mass is 10.1. The summed E-state index contributed by atoms with van der Waals surface area (Å²) >= 11 is 5.30. The molecular weight excluding hydrogens is 410 g/mol. The number of nitrogens with zero attached hydrogens (tertiary/aromatic N) is 1. The number of ether oxygens (including phenoxy) is 1. The lowest BCUT2D eigenvalue weighted by Crippen LogP contribution is -2.34. The van der Waals surface area contributed by atoms with Gasteiger partial charge in [-0.15, -0.1) is 0 Å². The van der Waals surface area contributed by atoms with Gasteiger partial charge in [-0.05, 0) is 67.9 Å². The van der Waals surface area contributed by atoms with Crippen LogP contribution in [0.5, 0.6) is 5.75 Å². The summed E-state index contributed by atoms with van der Waals surface area (Å²) in [6, 6.07) is 14.2. The Bertz CT molecular complexity index is 924. The second-order valence-corrected chi connectivity index (χ2v) is 7.98. The Hall–Kier alpha value is -2.93. The number of hydrogen-bond donors (Lipinski definition) is 2. The van der Waals surface area contributed by atoms with E-state index in [4.69, 9.17) is 17.0 Å². The summed E-state index contributed by atoms with van der Waals surface area (Å²) in [4.78, 5) is 27.3. The van der Waals surface area contributed by atoms with Gasteiger partial charge in [0.15, 0.2) is 5.11 Å². The van der Waals surface area contributed by atoms with Gasteiger partial charge in [0, 0.05) is 29.9 Å². The van der Waals surface area contributed by atoms with Crippen LogP contribution in [0.3, 0.4) is 0 Å². The second-order valence-electron chi connectivity index (χ2n) is 7.57. The fourth-order valence-corrected chi connectivity index (χ4v) is 3.68. The maximum Gasteiger partial charge on any atom is 0.257 e. The van der Waals surface area contributed by atoms with E-state index < -0.39 is 0 Å². The minimum absolute atomic E-state index is 0.0319. The van der Waals surface area contributed by atoms with Crippen molar-refractivity contribution in [3.63, 3.8) is 0 Å². The number of benzene rings is 2. The van der Waals surface area contributed by atoms with E-state index in [9.17, 15) is 9.59 Å². The van der Waals surface area contributed by atoms with Crippen LogP contribution in [-0.4, -0.2) is 41.5 Å². The number of rotatable bonds is 6. The lowest BCUT2D eigenvalue weighted by Gasteiger charge is -2.20. The normalized spacial score (nSPS) is 13.8. The third-order valence-corrected chi connectivity index (χ3v) is 5.26. The van der Waals surface area contributed by atoms with Gasteiger partial charge in [-0.25, -0.2) is 0 Å². The van der Waals surface area contributed by atoms with Gasteiger partial charge in [-0.1, -0.05) is 31.9 Å². The number of amides is 2. The van der Waals surface area contributed by atoms with Gasteiger partial charge in [-0.3, -0.25) is 14.9 Å². The first-order valence-corrected chi connectivity index (χ1v) is 11.2. The summed E-state index contributed by atoms with van der Waals surface area (Å²) in [6.45, 7) is 4.21. The zero-order valence-corrected chi connectivity index (χ0v) is 18.7. The molecule has 0 aromatic heterocycles. The highest BCUT2D eigenvalue weighted by Gasteiger charge is 2.17. The van der Waals surface area contributed by atoms with E-state index in [1.165, 1.54) is 12.8 Å². The molecule has 6 nitrogen and oxygen atoms in total. The average Bonchev–Trinajstić information content (AvgIpc) is 3.07. The van der Waals surface area contributed by atoms with Crippen LogP contribution in [0, 0.1) is 0 Å². The Morgan fingerprint density at radius 2 is 1.71 bits per heavy atom. The molecule has 0 bridgehead atoms. The van der Waals surface area contributed by atoms with Crippen LogP contribution in [0.4, 0.5) is 5.69 Å². The number of hydrogen-bond acceptors (Lipinski definition) is 4. The van der Waals surface area contributed by atoms with Crippen LogP contribution < -0.4 is 15.4 Å². The molecule has 0 radical (unpaired) electrons. The van der Waals surface area contributed by atoms with Crippen molar-refractivity contribution in [1.29, 1.82) is 0 Å². The van der Waals surface area contributed by atoms with E-state index in [-0.39, 0.29) is 16.9 Å². The minimum Gasteiger partial charge on any atom is -0.494 e. The van der Waals surface area contributed by atoms with Crippen molar-refractivity contribution in [3.8, 4) is 5.75 Å². The number of carbonyl (C=O) groups is 2. The Kier molecular flexibility index (Phi) is 8.41. The van der Waals surface area contributed by atoms with Gasteiger partial charge in [-0.2, -0.15) is 0 Å². The van der Waals surface area contributed by atoms with Crippen LogP contribution >= 0.6 is 12.2 Å². The molecule has 3 rings (SSSR count). The Morgan fingerprint density at radius 1 is 1.00 bits per heavy atom. The quantitative estimate of drug-likeness (QED) is 0.643. The van der Waals surface area contributed by atoms with E-state index in [1.807, 2.05) is 36.1 Å². The van der Waals surface area contributed by atoms with Crippen molar-refractivity contribution in [2.24, 2.45) is 0 Å². The fourth-order valence-electron chi connectivity index (χ4n) is 3.47. The minimum atomic E-state index is -0.323. The highest BCUT2D eigenvalue weighted by atomic mass is 32.1. The summed E-state index contributed by atoms with van der Waals surface area (Å²) in [5, 5.41) is 5.85. The van der Waals surface area contributed by atoms with Gasteiger partial charge in [0.05, 0.1) is 6.61 Å². The molecule has 2 aromatic carbocycles. The van der Waals surface area contributed by atoms with Crippen LogP contribution in [-0.2, 0) is 0 Å². The molecule has 2 aromatic rings. The van der Waals surface area contributed by atoms with Gasteiger partial charge in [0.25, 0.3) is 11.8 Å². The smallest absolute Gasteiger partial charge is 0.257 e. The van der Waals surface area contributed by atoms with Gasteiger partial charge in [0.1, 0.15) is 5.75 Å². The first-order valence-electron chi connectivity index (χ1n) is 10.8. The fraction of sp³-hybridized carbons (Fsp3) is 0.375. The van der Waals surface area contributed by atoms with Gasteiger partial charge in [0.2, 0.25) is 0 Å². The number of carbonyl (C=O) groups excluding carboxylic acids is 2. The summed E-state index contributed by atoms with van der Waals surface area (Å²) in [6.07, 6.45) is 5.33. The monoisotopic (exact) mass is 439 g/mol. The van der Waals surface area contributed by atoms with E-state index in [2.05, 4.69) is 10.6 Å². The maximum atomic E-state index is 12.8. The predicted octanol–water partition coefficient (Wildman–Crippen LogP) is 4.62. The molecule has 0 spiro atoms. The van der Waals surface area contributed by atoms with E-state index in [1.54, 1.807) is 24.3 Å². The van der Waals surface area contributed by atoms with E-state index >= 15 is 0 Å². The largest absolute Gasteiger partial charge is 0.494 e. The molecule has 1 aliphatic heterocycles. The number of nitrogens with one attached hydrogen (secondary N) is 2. The molecule has 0 unspecified atom stereocenters. The summed E-state index contributed by atoms with van der Waals surface area (Å²) in [5.41, 5.74) is 1.73. The third kappa shape index (κ3) is 6.79. The van der Waals surface area contributed by atoms with Crippen LogP contribution in [0.2, 0.25) is 0 Å². The molecule has 1 fully saturated rings. The Morgan fingerprint density at radius 3 is 2.45 bits per heavy atom. The second kappa shape index (κ2) is 11.5. The molecule has 0 saturated carbocycles. The van der Waals surface area contributed by atoms with E-state index in [0.717, 1.165) is 32.4 Å². The van der Waals surface area contributed by atoms with Crippen molar-refractivity contribution in [2.75, 3.05) is 25.0 Å². The zero-order valence-electron chi connectivity index (χ0n) is 17.9. The molecule has 1 heterocycles. The summed E-state index contributed by atoms with van der Waals surface area (Å²) in [7, 11) is 0. The molecule has 7 heteroatoms. The van der Waals surface area contributed by atoms with Crippen molar-refractivity contribution < 1.29 is 14.3 Å². The van der Waals surface area contributed by atoms with Crippen molar-refractivity contribution in [2.45, 2.75) is 39.0 Å². The SMILES string of the molecule is CCCOc1cccc(C(=O)NC(=S)Nc2cccc(C(=O)N3CCCCCC3)c2)c1. The zero-order chi connectivity index (χ0) is 22.1. The van der Waals surface area contributed by atoms with Gasteiger partial charge >= 0.3 is 0 Å². The molecule has 1 aliphatic rings. The highest BCUT2D eigenvalue weighted by Crippen LogP contribution is 2.17. The topological polar surface area (TPSA) is 70.7 Å². The molecular formula is C24H29N3O3S. The Balaban J connectivity index is 1.59. The molecule has 2 N–H and O–H groups in total. The van der Waals surface area contributed by atoms with Crippen LogP contribution in [0.1, 0.15) is 59.7 Å². The molecule has 1 saturated heterocycles. The molecule has 164 valence electrons. The number of thiocarbonyl (C=S) groups is 1. The molecule has 2 amide bonds. The maximum absolute atomic E-state index is 12.8. The standard InChI is InChI=1S/C24H29N3O3S/c1-2-15-30-21-12-8-9-18(17-21)22(28)26-24(31)25-20-11-7-10-19(16-20)23(29)27-13-5-3-4-6-14-27/h7-12,16-17H,2-6,13-15H2,1H3,(H2,25,26,28,31). The first kappa shape index (κ1) is 22.7. The molecule has 0 aliphatic carbocycles. The van der Waals surface area contributed by atoms with Gasteiger partial charge < -0.3 is 15.0 Å². The molecule has 0 atom stereocenters. The lowest BCUT2D eigenvalue weighted by molar-refractivity contribution is 0.0761. The van der Waals surface area contributed by atoms with E-state index in [0.29, 0.717) is 29.2 Å². The average molecular weight is 440 g/mol. The van der Waals surface area contributed by atoms with Crippen molar-refractivity contribution in [1.82, 2.24) is 10.2 Å². The molecule has 31 heavy (non-hydrogen) atoms. The van der Waals surface area contributed by atoms with Crippen LogP contribution in [0.15, 0.2) is 48.5 Å². The van der Waals surface area contributed by atoms with Crippen LogP contribution in [0.25, 0.3) is 0 Å². The summed E-state index contributed by atoms with van der Waals surface area (Å²) in [5.74, 6) is 0.355. The third-order valence-electron chi connectivity index (χ3n) is 5.06.